The standard InChI is InChI=1S/C4H5N.B.ClF/c1-2-4-5-3-1;;1-2/h1-5H;;. The number of hydrogen-bond acceptors (Lipinski definition) is 0. The van der Waals surface area contributed by atoms with Crippen LogP contribution in [-0.2, 0) is 0 Å². The zero-order valence-electron chi connectivity index (χ0n) is 4.14. The van der Waals surface area contributed by atoms with Gasteiger partial charge in [0.15, 0.2) is 0 Å². The maximum absolute atomic E-state index is 8.97. The lowest BCUT2D eigenvalue weighted by Crippen LogP contribution is -1.38. The van der Waals surface area contributed by atoms with E-state index in [9.17, 15) is 0 Å². The van der Waals surface area contributed by atoms with Gasteiger partial charge in [-0.25, -0.2) is 0 Å². The molecule has 0 aliphatic carbocycles. The highest BCUT2D eigenvalue weighted by Crippen LogP contribution is 1.72. The fourth-order valence-electron chi connectivity index (χ4n) is 0.278. The molecule has 0 bridgehead atoms. The van der Waals surface area contributed by atoms with Gasteiger partial charge in [-0.3, -0.25) is 0 Å². The minimum Gasteiger partial charge on any atom is -0.368 e. The van der Waals surface area contributed by atoms with Crippen molar-refractivity contribution in [2.45, 2.75) is 0 Å². The molecule has 1 aromatic heterocycles. The first-order valence-corrected chi connectivity index (χ1v) is 2.01. The predicted molar refractivity (Wildman–Crippen MR) is 33.5 cm³/mol. The van der Waals surface area contributed by atoms with Crippen molar-refractivity contribution in [1.29, 1.82) is 0 Å². The summed E-state index contributed by atoms with van der Waals surface area (Å²) in [4.78, 5) is 2.86. The summed E-state index contributed by atoms with van der Waals surface area (Å²) in [5, 5.41) is 0. The third-order valence-electron chi connectivity index (χ3n) is 0.496. The number of aromatic nitrogens is 1. The van der Waals surface area contributed by atoms with E-state index in [0.717, 1.165) is 0 Å². The molecule has 0 saturated heterocycles. The molecule has 1 rings (SSSR count). The molecule has 1 N–H and O–H groups in total. The van der Waals surface area contributed by atoms with Crippen LogP contribution in [0.3, 0.4) is 0 Å². The monoisotopic (exact) mass is 132 g/mol. The van der Waals surface area contributed by atoms with Gasteiger partial charge in [0.2, 0.25) is 0 Å². The van der Waals surface area contributed by atoms with E-state index < -0.39 is 0 Å². The molecule has 0 aromatic carbocycles. The summed E-state index contributed by atoms with van der Waals surface area (Å²) in [6.45, 7) is 0. The van der Waals surface area contributed by atoms with Gasteiger partial charge in [-0.2, -0.15) is 0 Å². The molecule has 3 radical (unpaired) electrons. The molecule has 0 spiro atoms. The molecule has 0 saturated carbocycles. The van der Waals surface area contributed by atoms with Crippen LogP contribution in [0.2, 0.25) is 0 Å². The molecule has 1 nitrogen and oxygen atoms in total. The second-order valence-electron chi connectivity index (χ2n) is 0.885. The third-order valence-corrected chi connectivity index (χ3v) is 0.496. The quantitative estimate of drug-likeness (QED) is 0.518. The van der Waals surface area contributed by atoms with Crippen LogP contribution < -0.4 is 0 Å². The topological polar surface area (TPSA) is 15.8 Å². The summed E-state index contributed by atoms with van der Waals surface area (Å²) in [5.41, 5.74) is 0. The van der Waals surface area contributed by atoms with Crippen molar-refractivity contribution >= 4 is 20.4 Å². The van der Waals surface area contributed by atoms with Gasteiger partial charge in [0.25, 0.3) is 0 Å². The van der Waals surface area contributed by atoms with Crippen LogP contribution in [0.5, 0.6) is 0 Å². The van der Waals surface area contributed by atoms with E-state index in [1.807, 2.05) is 24.5 Å². The van der Waals surface area contributed by atoms with E-state index in [1.54, 1.807) is 0 Å². The van der Waals surface area contributed by atoms with Crippen molar-refractivity contribution in [2.75, 3.05) is 0 Å². The summed E-state index contributed by atoms with van der Waals surface area (Å²) in [6.07, 6.45) is 3.75. The number of H-pyrrole nitrogens is 1. The van der Waals surface area contributed by atoms with E-state index in [2.05, 4.69) is 16.9 Å². The number of hydrogen-bond donors (Lipinski definition) is 1. The van der Waals surface area contributed by atoms with Crippen molar-refractivity contribution in [3.8, 4) is 0 Å². The minimum atomic E-state index is 0. The van der Waals surface area contributed by atoms with Gasteiger partial charge >= 0.3 is 0 Å². The molecular formula is C4H5BClFN. The molecule has 0 aliphatic heterocycles. The molecular weight excluding hydrogens is 127 g/mol. The van der Waals surface area contributed by atoms with E-state index in [1.165, 1.54) is 0 Å². The zero-order valence-corrected chi connectivity index (χ0v) is 4.90. The lowest BCUT2D eigenvalue weighted by molar-refractivity contribution is 0.906. The van der Waals surface area contributed by atoms with Crippen LogP contribution in [0, 0.1) is 0 Å². The highest BCUT2D eigenvalue weighted by molar-refractivity contribution is 6.06. The number of rotatable bonds is 0. The summed E-state index contributed by atoms with van der Waals surface area (Å²) in [7, 11) is 0. The second-order valence-corrected chi connectivity index (χ2v) is 0.885. The summed E-state index contributed by atoms with van der Waals surface area (Å²) >= 11 is 3.14. The summed E-state index contributed by atoms with van der Waals surface area (Å²) in [5.74, 6) is 0. The van der Waals surface area contributed by atoms with Gasteiger partial charge in [0.05, 0.1) is 0 Å². The fraction of sp³-hybridized carbons (Fsp3) is 0. The molecule has 1 heterocycles. The SMILES string of the molecule is FCl.[B].c1cc[nH]c1. The van der Waals surface area contributed by atoms with Gasteiger partial charge in [-0.05, 0) is 12.1 Å². The van der Waals surface area contributed by atoms with Crippen molar-refractivity contribution in [2.24, 2.45) is 0 Å². The molecule has 8 heavy (non-hydrogen) atoms. The van der Waals surface area contributed by atoms with E-state index in [-0.39, 0.29) is 8.41 Å². The van der Waals surface area contributed by atoms with Crippen LogP contribution in [0.4, 0.5) is 3.98 Å². The first kappa shape index (κ1) is 10.5. The van der Waals surface area contributed by atoms with E-state index >= 15 is 0 Å². The number of aromatic amines is 1. The Balaban J connectivity index is 0. The summed E-state index contributed by atoms with van der Waals surface area (Å²) in [6, 6.07) is 3.89. The first-order valence-electron chi connectivity index (χ1n) is 1.72. The van der Waals surface area contributed by atoms with Crippen LogP contribution in [-0.4, -0.2) is 13.4 Å². The van der Waals surface area contributed by atoms with Crippen molar-refractivity contribution in [3.63, 3.8) is 0 Å². The van der Waals surface area contributed by atoms with Crippen molar-refractivity contribution in [1.82, 2.24) is 4.98 Å². The number of halogens is 2. The van der Waals surface area contributed by atoms with E-state index in [0.29, 0.717) is 0 Å². The first-order chi connectivity index (χ1) is 3.50. The van der Waals surface area contributed by atoms with Crippen LogP contribution in [0.15, 0.2) is 24.5 Å². The van der Waals surface area contributed by atoms with Gasteiger partial charge in [0.1, 0.15) is 12.0 Å². The zero-order chi connectivity index (χ0) is 5.54. The molecule has 4 heteroatoms. The van der Waals surface area contributed by atoms with Gasteiger partial charge < -0.3 is 4.98 Å². The Labute approximate surface area is 54.7 Å². The fourth-order valence-corrected chi connectivity index (χ4v) is 0.278. The Hall–Kier alpha value is -0.435. The Morgan fingerprint density at radius 1 is 1.12 bits per heavy atom. The molecule has 0 atom stereocenters. The average Bonchev–Trinajstić information content (AvgIpc) is 2.23. The molecule has 0 unspecified atom stereocenters. The second kappa shape index (κ2) is 9.76. The molecule has 0 aliphatic rings. The molecule has 1 aromatic rings. The predicted octanol–water partition coefficient (Wildman–Crippen LogP) is 1.74. The van der Waals surface area contributed by atoms with Crippen LogP contribution in [0.25, 0.3) is 0 Å². The summed E-state index contributed by atoms with van der Waals surface area (Å²) < 4.78 is 8.97. The maximum Gasteiger partial charge on any atom is 0.116 e. The van der Waals surface area contributed by atoms with Crippen LogP contribution in [0.1, 0.15) is 0 Å². The van der Waals surface area contributed by atoms with Gasteiger partial charge in [-0.1, -0.05) is 0 Å². The molecule has 0 amide bonds. The molecule has 0 fully saturated rings. The number of nitrogens with one attached hydrogen (secondary N) is 1. The normalized spacial score (nSPS) is 5.75. The average molecular weight is 132 g/mol. The van der Waals surface area contributed by atoms with Crippen molar-refractivity contribution in [3.05, 3.63) is 24.5 Å². The van der Waals surface area contributed by atoms with Gasteiger partial charge in [0, 0.05) is 20.8 Å². The Bertz CT molecular complexity index is 72.5. The highest BCUT2D eigenvalue weighted by atomic mass is 35.5. The lowest BCUT2D eigenvalue weighted by Gasteiger charge is -1.49. The van der Waals surface area contributed by atoms with Gasteiger partial charge in [-0.15, -0.1) is 3.98 Å². The van der Waals surface area contributed by atoms with Crippen LogP contribution >= 0.6 is 12.0 Å². The van der Waals surface area contributed by atoms with Crippen molar-refractivity contribution < 1.29 is 3.98 Å². The smallest absolute Gasteiger partial charge is 0.116 e. The molecule has 43 valence electrons. The Morgan fingerprint density at radius 2 is 1.50 bits per heavy atom. The largest absolute Gasteiger partial charge is 0.368 e. The Kier molecular flexibility index (Phi) is 12.8. The lowest BCUT2D eigenvalue weighted by atomic mass is 10.7. The third kappa shape index (κ3) is 5.56. The van der Waals surface area contributed by atoms with E-state index in [4.69, 9.17) is 3.98 Å². The Morgan fingerprint density at radius 3 is 1.62 bits per heavy atom. The minimum absolute atomic E-state index is 0. The highest BCUT2D eigenvalue weighted by Gasteiger charge is 1.55. The maximum atomic E-state index is 8.97.